The highest BCUT2D eigenvalue weighted by Gasteiger charge is 2.37. The fourth-order valence-electron chi connectivity index (χ4n) is 4.87. The number of carboxylic acids is 1. The number of carboxylic acid groups (broad SMARTS) is 1. The molecule has 0 radical (unpaired) electrons. The van der Waals surface area contributed by atoms with Crippen molar-refractivity contribution in [3.8, 4) is 11.1 Å². The Bertz CT molecular complexity index is 1370. The molecule has 4 N–H and O–H groups in total. The van der Waals surface area contributed by atoms with Gasteiger partial charge < -0.3 is 15.8 Å². The van der Waals surface area contributed by atoms with Crippen LogP contribution in [0, 0.1) is 0 Å². The number of nitrogens with two attached hydrogens (primary N) is 1. The molecule has 1 aromatic carbocycles. The molecule has 0 bridgehead atoms. The van der Waals surface area contributed by atoms with Gasteiger partial charge >= 0.3 is 12.1 Å². The summed E-state index contributed by atoms with van der Waals surface area (Å²) in [5.74, 6) is -1.75. The SMILES string of the molecule is CCCCCCCCCCc1c(-c2c[nH]c3ccccc23)cc(C(F)(F)F)c2nc(C(=O)O)c(N)n12. The smallest absolute Gasteiger partial charge is 0.420 e. The second-order valence-electron chi connectivity index (χ2n) is 9.20. The van der Waals surface area contributed by atoms with E-state index in [2.05, 4.69) is 16.9 Å². The number of carbonyl (C=O) groups is 1. The molecule has 4 aromatic rings. The topological polar surface area (TPSA) is 96.4 Å². The molecule has 0 spiro atoms. The van der Waals surface area contributed by atoms with Gasteiger partial charge in [0.25, 0.3) is 0 Å². The lowest BCUT2D eigenvalue weighted by molar-refractivity contribution is -0.136. The van der Waals surface area contributed by atoms with Crippen molar-refractivity contribution >= 4 is 28.3 Å². The van der Waals surface area contributed by atoms with Crippen LogP contribution in [0.2, 0.25) is 0 Å². The normalized spacial score (nSPS) is 12.1. The van der Waals surface area contributed by atoms with Gasteiger partial charge in [-0.05, 0) is 25.0 Å². The summed E-state index contributed by atoms with van der Waals surface area (Å²) in [6.07, 6.45) is 6.00. The minimum Gasteiger partial charge on any atom is -0.476 e. The zero-order valence-corrected chi connectivity index (χ0v) is 20.3. The van der Waals surface area contributed by atoms with E-state index in [0.717, 1.165) is 42.7 Å². The van der Waals surface area contributed by atoms with Crippen molar-refractivity contribution in [1.29, 1.82) is 0 Å². The molecule has 0 aliphatic heterocycles. The number of H-pyrrole nitrogens is 1. The van der Waals surface area contributed by atoms with Crippen molar-refractivity contribution in [3.63, 3.8) is 0 Å². The number of unbranched alkanes of at least 4 members (excludes halogenated alkanes) is 7. The van der Waals surface area contributed by atoms with Gasteiger partial charge in [-0.3, -0.25) is 4.40 Å². The lowest BCUT2D eigenvalue weighted by Gasteiger charge is -2.18. The Hall–Kier alpha value is -3.49. The first-order valence-electron chi connectivity index (χ1n) is 12.4. The van der Waals surface area contributed by atoms with Gasteiger partial charge in [0.1, 0.15) is 5.82 Å². The van der Waals surface area contributed by atoms with Crippen LogP contribution in [-0.4, -0.2) is 25.4 Å². The molecular formula is C27H31F3N4O2. The third-order valence-corrected chi connectivity index (χ3v) is 6.68. The maximum Gasteiger partial charge on any atom is 0.420 e. The van der Waals surface area contributed by atoms with E-state index in [9.17, 15) is 23.1 Å². The van der Waals surface area contributed by atoms with E-state index in [0.29, 0.717) is 23.2 Å². The van der Waals surface area contributed by atoms with E-state index in [1.165, 1.54) is 30.1 Å². The molecule has 4 rings (SSSR count). The fourth-order valence-corrected chi connectivity index (χ4v) is 4.87. The number of aryl methyl sites for hydroxylation is 1. The Morgan fingerprint density at radius 1 is 1.06 bits per heavy atom. The van der Waals surface area contributed by atoms with Crippen LogP contribution >= 0.6 is 0 Å². The van der Waals surface area contributed by atoms with E-state index >= 15 is 0 Å². The average molecular weight is 501 g/mol. The summed E-state index contributed by atoms with van der Waals surface area (Å²) in [4.78, 5) is 18.7. The second kappa shape index (κ2) is 10.6. The fraction of sp³-hybridized carbons (Fsp3) is 0.407. The van der Waals surface area contributed by atoms with Crippen LogP contribution in [0.25, 0.3) is 27.7 Å². The standard InChI is InChI=1S/C27H31F3N4O2/c1-2-3-4-5-6-7-8-9-14-22-18(19-16-32-21-13-11-10-12-17(19)21)15-20(27(28,29)30)25-33-23(26(35)36)24(31)34(22)25/h10-13,15-16,32H,2-9,14,31H2,1H3,(H,35,36). The van der Waals surface area contributed by atoms with Gasteiger partial charge in [-0.25, -0.2) is 9.78 Å². The average Bonchev–Trinajstić information content (AvgIpc) is 3.41. The summed E-state index contributed by atoms with van der Waals surface area (Å²) in [7, 11) is 0. The summed E-state index contributed by atoms with van der Waals surface area (Å²) in [5, 5.41) is 10.3. The molecule has 0 fully saturated rings. The molecule has 0 amide bonds. The van der Waals surface area contributed by atoms with Crippen LogP contribution in [-0.2, 0) is 12.6 Å². The van der Waals surface area contributed by atoms with Gasteiger partial charge in [-0.2, -0.15) is 13.2 Å². The van der Waals surface area contributed by atoms with E-state index in [1.54, 1.807) is 6.20 Å². The highest BCUT2D eigenvalue weighted by Crippen LogP contribution is 2.41. The molecule has 0 saturated heterocycles. The van der Waals surface area contributed by atoms with Crippen molar-refractivity contribution in [2.24, 2.45) is 0 Å². The number of alkyl halides is 3. The van der Waals surface area contributed by atoms with Crippen LogP contribution in [0.3, 0.4) is 0 Å². The van der Waals surface area contributed by atoms with Crippen LogP contribution in [0.15, 0.2) is 36.5 Å². The second-order valence-corrected chi connectivity index (χ2v) is 9.20. The van der Waals surface area contributed by atoms with E-state index in [4.69, 9.17) is 5.73 Å². The number of hydrogen-bond donors (Lipinski definition) is 3. The quantitative estimate of drug-likeness (QED) is 0.186. The number of nitrogens with one attached hydrogen (secondary N) is 1. The number of aromatic nitrogens is 3. The Kier molecular flexibility index (Phi) is 7.56. The molecule has 192 valence electrons. The third-order valence-electron chi connectivity index (χ3n) is 6.68. The van der Waals surface area contributed by atoms with Crippen molar-refractivity contribution in [1.82, 2.24) is 14.4 Å². The number of pyridine rings is 1. The van der Waals surface area contributed by atoms with Crippen molar-refractivity contribution in [3.05, 3.63) is 53.5 Å². The molecule has 6 nitrogen and oxygen atoms in total. The van der Waals surface area contributed by atoms with Crippen molar-refractivity contribution < 1.29 is 23.1 Å². The number of halogens is 3. The maximum absolute atomic E-state index is 14.2. The molecule has 36 heavy (non-hydrogen) atoms. The first-order valence-corrected chi connectivity index (χ1v) is 12.4. The molecule has 0 aliphatic carbocycles. The number of benzene rings is 1. The number of rotatable bonds is 11. The monoisotopic (exact) mass is 500 g/mol. The van der Waals surface area contributed by atoms with Gasteiger partial charge in [0.05, 0.1) is 5.56 Å². The zero-order chi connectivity index (χ0) is 25.9. The predicted octanol–water partition coefficient (Wildman–Crippen LogP) is 7.47. The predicted molar refractivity (Wildman–Crippen MR) is 135 cm³/mol. The largest absolute Gasteiger partial charge is 0.476 e. The highest BCUT2D eigenvalue weighted by molar-refractivity contribution is 5.97. The zero-order valence-electron chi connectivity index (χ0n) is 20.3. The van der Waals surface area contributed by atoms with Gasteiger partial charge in [0.15, 0.2) is 11.3 Å². The number of aromatic amines is 1. The molecule has 0 saturated carbocycles. The lowest BCUT2D eigenvalue weighted by atomic mass is 9.97. The third kappa shape index (κ3) is 5.05. The Balaban J connectivity index is 1.81. The van der Waals surface area contributed by atoms with Gasteiger partial charge in [0.2, 0.25) is 0 Å². The van der Waals surface area contributed by atoms with Gasteiger partial charge in [-0.15, -0.1) is 0 Å². The molecule has 0 unspecified atom stereocenters. The number of imidazole rings is 1. The van der Waals surface area contributed by atoms with E-state index in [-0.39, 0.29) is 5.82 Å². The van der Waals surface area contributed by atoms with Crippen LogP contribution in [0.5, 0.6) is 0 Å². The van der Waals surface area contributed by atoms with Crippen LogP contribution in [0.4, 0.5) is 19.0 Å². The van der Waals surface area contributed by atoms with Crippen LogP contribution in [0.1, 0.15) is 80.0 Å². The van der Waals surface area contributed by atoms with E-state index in [1.807, 2.05) is 24.3 Å². The van der Waals surface area contributed by atoms with Crippen molar-refractivity contribution in [2.75, 3.05) is 5.73 Å². The number of para-hydroxylation sites is 1. The molecule has 0 aliphatic rings. The Morgan fingerprint density at radius 3 is 2.39 bits per heavy atom. The number of fused-ring (bicyclic) bond motifs is 2. The molecule has 0 atom stereocenters. The highest BCUT2D eigenvalue weighted by atomic mass is 19.4. The molecule has 3 heterocycles. The minimum absolute atomic E-state index is 0.292. The van der Waals surface area contributed by atoms with Gasteiger partial charge in [-0.1, -0.05) is 70.1 Å². The van der Waals surface area contributed by atoms with Gasteiger partial charge in [0, 0.05) is 33.9 Å². The number of nitrogen functional groups attached to an aromatic ring is 1. The number of hydrogen-bond acceptors (Lipinski definition) is 3. The number of aromatic carboxylic acids is 1. The lowest BCUT2D eigenvalue weighted by Crippen LogP contribution is -2.12. The summed E-state index contributed by atoms with van der Waals surface area (Å²) in [5.41, 5.74) is 6.38. The van der Waals surface area contributed by atoms with E-state index < -0.39 is 29.1 Å². The molecule has 9 heteroatoms. The summed E-state index contributed by atoms with van der Waals surface area (Å²) >= 11 is 0. The summed E-state index contributed by atoms with van der Waals surface area (Å²) in [6.45, 7) is 2.17. The number of anilines is 1. The first kappa shape index (κ1) is 25.6. The van der Waals surface area contributed by atoms with Crippen LogP contribution < -0.4 is 5.73 Å². The van der Waals surface area contributed by atoms with Crippen molar-refractivity contribution in [2.45, 2.75) is 70.9 Å². The summed E-state index contributed by atoms with van der Waals surface area (Å²) < 4.78 is 43.7. The Morgan fingerprint density at radius 2 is 1.72 bits per heavy atom. The Labute approximate surface area is 207 Å². The first-order chi connectivity index (χ1) is 17.2. The molecular weight excluding hydrogens is 469 g/mol. The maximum atomic E-state index is 14.2. The molecule has 3 aromatic heterocycles. The number of nitrogens with zero attached hydrogens (tertiary/aromatic N) is 2. The summed E-state index contributed by atoms with van der Waals surface area (Å²) in [6, 6.07) is 8.46. The minimum atomic E-state index is -4.74.